The highest BCUT2D eigenvalue weighted by molar-refractivity contribution is 7.89. The summed E-state index contributed by atoms with van der Waals surface area (Å²) in [5, 5.41) is 6.48. The van der Waals surface area contributed by atoms with Crippen LogP contribution >= 0.6 is 0 Å². The van der Waals surface area contributed by atoms with E-state index in [2.05, 4.69) is 15.2 Å². The fraction of sp³-hybridized carbons (Fsp3) is 0.300. The highest BCUT2D eigenvalue weighted by Crippen LogP contribution is 2.27. The van der Waals surface area contributed by atoms with Gasteiger partial charge in [0.2, 0.25) is 0 Å². The summed E-state index contributed by atoms with van der Waals surface area (Å²) in [4.78, 5) is 13.9. The average Bonchev–Trinajstić information content (AvgIpc) is 2.68. The lowest BCUT2D eigenvalue weighted by atomic mass is 10.2. The Morgan fingerprint density at radius 1 is 1.14 bits per heavy atom. The quantitative estimate of drug-likeness (QED) is 0.478. The van der Waals surface area contributed by atoms with Crippen molar-refractivity contribution in [3.63, 3.8) is 0 Å². The number of carbonyl (C=O) groups excluding carboxylic acids is 1. The summed E-state index contributed by atoms with van der Waals surface area (Å²) in [5.74, 6) is 0.559. The first-order valence-electron chi connectivity index (χ1n) is 8.96. The third kappa shape index (κ3) is 6.21. The van der Waals surface area contributed by atoms with Gasteiger partial charge < -0.3 is 14.8 Å². The molecule has 0 aliphatic heterocycles. The van der Waals surface area contributed by atoms with E-state index in [0.717, 1.165) is 5.56 Å². The first-order chi connectivity index (χ1) is 13.8. The van der Waals surface area contributed by atoms with E-state index in [1.807, 2.05) is 19.9 Å². The molecule has 1 amide bonds. The van der Waals surface area contributed by atoms with Gasteiger partial charge in [-0.3, -0.25) is 4.79 Å². The number of hydrazone groups is 1. The molecular weight excluding hydrogens is 394 g/mol. The number of ether oxygens (including phenoxy) is 2. The Labute approximate surface area is 171 Å². The van der Waals surface area contributed by atoms with Crippen LogP contribution in [0.4, 0.5) is 0 Å². The molecule has 29 heavy (non-hydrogen) atoms. The number of hydrogen-bond donors (Lipinski definition) is 2. The van der Waals surface area contributed by atoms with Crippen molar-refractivity contribution in [2.45, 2.75) is 25.7 Å². The molecule has 0 saturated carbocycles. The molecular formula is C20H25N3O5S. The maximum atomic E-state index is 12.5. The number of amides is 1. The van der Waals surface area contributed by atoms with Gasteiger partial charge in [0.05, 0.1) is 18.2 Å². The van der Waals surface area contributed by atoms with Gasteiger partial charge in [0.15, 0.2) is 18.1 Å². The molecule has 2 aromatic carbocycles. The van der Waals surface area contributed by atoms with Crippen LogP contribution in [-0.2, 0) is 14.8 Å². The molecule has 2 rings (SSSR count). The van der Waals surface area contributed by atoms with Crippen molar-refractivity contribution in [3.8, 4) is 11.5 Å². The summed E-state index contributed by atoms with van der Waals surface area (Å²) in [5.41, 5.74) is 2.07. The summed E-state index contributed by atoms with van der Waals surface area (Å²) in [6, 6.07) is 10.1. The number of aryl methyl sites for hydroxylation is 2. The predicted octanol–water partition coefficient (Wildman–Crippen LogP) is 2.14. The summed E-state index contributed by atoms with van der Waals surface area (Å²) < 4.78 is 35.6. The predicted molar refractivity (Wildman–Crippen MR) is 111 cm³/mol. The van der Waals surface area contributed by atoms with Crippen LogP contribution in [0.3, 0.4) is 0 Å². The monoisotopic (exact) mass is 419 g/mol. The van der Waals surface area contributed by atoms with E-state index in [0.29, 0.717) is 29.2 Å². The Kier molecular flexibility index (Phi) is 7.60. The zero-order valence-electron chi connectivity index (χ0n) is 16.9. The number of rotatable bonds is 9. The zero-order chi connectivity index (χ0) is 21.4. The van der Waals surface area contributed by atoms with Crippen molar-refractivity contribution >= 4 is 22.1 Å². The third-order valence-electron chi connectivity index (χ3n) is 3.94. The second-order valence-electron chi connectivity index (χ2n) is 6.27. The Morgan fingerprint density at radius 2 is 1.90 bits per heavy atom. The highest BCUT2D eigenvalue weighted by Gasteiger charge is 2.16. The zero-order valence-corrected chi connectivity index (χ0v) is 17.7. The molecule has 8 nitrogen and oxygen atoms in total. The fourth-order valence-corrected chi connectivity index (χ4v) is 3.61. The maximum Gasteiger partial charge on any atom is 0.276 e. The Balaban J connectivity index is 2.10. The van der Waals surface area contributed by atoms with Crippen LogP contribution in [0.25, 0.3) is 0 Å². The minimum atomic E-state index is -3.78. The molecule has 0 heterocycles. The van der Waals surface area contributed by atoms with Crippen LogP contribution in [0.1, 0.15) is 23.6 Å². The van der Waals surface area contributed by atoms with Gasteiger partial charge in [-0.2, -0.15) is 13.5 Å². The summed E-state index contributed by atoms with van der Waals surface area (Å²) in [6.45, 7) is 5.76. The molecule has 9 heteroatoms. The number of nitrogens with zero attached hydrogens (tertiary/aromatic N) is 1. The number of benzene rings is 2. The average molecular weight is 420 g/mol. The summed E-state index contributed by atoms with van der Waals surface area (Å²) >= 11 is 0. The largest absolute Gasteiger partial charge is 0.493 e. The van der Waals surface area contributed by atoms with Crippen molar-refractivity contribution in [1.82, 2.24) is 10.1 Å². The number of likely N-dealkylation sites (N-methyl/N-ethyl adjacent to an activating group) is 1. The molecule has 2 aromatic rings. The fourth-order valence-electron chi connectivity index (χ4n) is 2.49. The highest BCUT2D eigenvalue weighted by atomic mass is 32.2. The van der Waals surface area contributed by atoms with Crippen molar-refractivity contribution in [2.75, 3.05) is 20.3 Å². The molecule has 156 valence electrons. The minimum absolute atomic E-state index is 0.132. The van der Waals surface area contributed by atoms with Crippen LogP contribution in [0.5, 0.6) is 11.5 Å². The summed E-state index contributed by atoms with van der Waals surface area (Å²) in [6.07, 6.45) is 1.36. The van der Waals surface area contributed by atoms with Crippen molar-refractivity contribution in [3.05, 3.63) is 53.1 Å². The van der Waals surface area contributed by atoms with Crippen molar-refractivity contribution < 1.29 is 22.7 Å². The molecule has 0 aromatic heterocycles. The van der Waals surface area contributed by atoms with E-state index in [1.165, 1.54) is 13.3 Å². The van der Waals surface area contributed by atoms with E-state index >= 15 is 0 Å². The standard InChI is InChI=1S/C20H25N3O5S/c1-5-21-20(24)13-28-17-9-8-16(11-18(17)27-4)12-22-23-29(25,26)19-10-14(2)6-7-15(19)3/h6-12,23H,5,13H2,1-4H3,(H,21,24). The summed E-state index contributed by atoms with van der Waals surface area (Å²) in [7, 11) is -2.31. The first kappa shape index (κ1) is 22.2. The van der Waals surface area contributed by atoms with Crippen LogP contribution in [0.15, 0.2) is 46.4 Å². The van der Waals surface area contributed by atoms with Gasteiger partial charge in [0.1, 0.15) is 0 Å². The van der Waals surface area contributed by atoms with Crippen LogP contribution in [0, 0.1) is 13.8 Å². The SMILES string of the molecule is CCNC(=O)COc1ccc(C=NNS(=O)(=O)c2cc(C)ccc2C)cc1OC. The van der Waals surface area contributed by atoms with Gasteiger partial charge in [-0.1, -0.05) is 12.1 Å². The Morgan fingerprint density at radius 3 is 2.59 bits per heavy atom. The Bertz CT molecular complexity index is 1000. The topological polar surface area (TPSA) is 106 Å². The molecule has 0 saturated heterocycles. The third-order valence-corrected chi connectivity index (χ3v) is 5.30. The van der Waals surface area contributed by atoms with Crippen molar-refractivity contribution in [1.29, 1.82) is 0 Å². The molecule has 0 spiro atoms. The maximum absolute atomic E-state index is 12.5. The molecule has 0 bridgehead atoms. The number of hydrogen-bond acceptors (Lipinski definition) is 6. The van der Waals surface area contributed by atoms with Gasteiger partial charge in [-0.05, 0) is 61.7 Å². The van der Waals surface area contributed by atoms with Crippen LogP contribution < -0.4 is 19.6 Å². The lowest BCUT2D eigenvalue weighted by Gasteiger charge is -2.11. The van der Waals surface area contributed by atoms with Gasteiger partial charge in [-0.15, -0.1) is 0 Å². The first-order valence-corrected chi connectivity index (χ1v) is 10.4. The molecule has 0 radical (unpaired) electrons. The van der Waals surface area contributed by atoms with Gasteiger partial charge in [-0.25, -0.2) is 4.83 Å². The van der Waals surface area contributed by atoms with E-state index in [4.69, 9.17) is 9.47 Å². The number of nitrogens with one attached hydrogen (secondary N) is 2. The van der Waals surface area contributed by atoms with Crippen LogP contribution in [0.2, 0.25) is 0 Å². The van der Waals surface area contributed by atoms with Gasteiger partial charge in [0.25, 0.3) is 15.9 Å². The number of sulfonamides is 1. The number of carbonyl (C=O) groups is 1. The van der Waals surface area contributed by atoms with E-state index in [1.54, 1.807) is 37.3 Å². The van der Waals surface area contributed by atoms with E-state index in [9.17, 15) is 13.2 Å². The van der Waals surface area contributed by atoms with Gasteiger partial charge >= 0.3 is 0 Å². The molecule has 0 unspecified atom stereocenters. The second kappa shape index (κ2) is 9.92. The lowest BCUT2D eigenvalue weighted by molar-refractivity contribution is -0.123. The van der Waals surface area contributed by atoms with Crippen LogP contribution in [-0.4, -0.2) is 40.8 Å². The lowest BCUT2D eigenvalue weighted by Crippen LogP contribution is -2.28. The molecule has 2 N–H and O–H groups in total. The van der Waals surface area contributed by atoms with E-state index < -0.39 is 10.0 Å². The molecule has 0 atom stereocenters. The second-order valence-corrected chi connectivity index (χ2v) is 7.90. The van der Waals surface area contributed by atoms with E-state index in [-0.39, 0.29) is 17.4 Å². The molecule has 0 aliphatic carbocycles. The molecule has 0 fully saturated rings. The minimum Gasteiger partial charge on any atom is -0.493 e. The smallest absolute Gasteiger partial charge is 0.276 e. The van der Waals surface area contributed by atoms with Crippen molar-refractivity contribution in [2.24, 2.45) is 5.10 Å². The molecule has 0 aliphatic rings. The normalized spacial score (nSPS) is 11.3. The van der Waals surface area contributed by atoms with Gasteiger partial charge in [0, 0.05) is 6.54 Å². The number of methoxy groups -OCH3 is 1. The Hall–Kier alpha value is -3.07.